The Kier molecular flexibility index (Phi) is 5.62. The van der Waals surface area contributed by atoms with Gasteiger partial charge in [-0.1, -0.05) is 23.7 Å². The number of pyridine rings is 1. The van der Waals surface area contributed by atoms with E-state index in [1.807, 2.05) is 0 Å². The van der Waals surface area contributed by atoms with Crippen molar-refractivity contribution in [1.82, 2.24) is 9.36 Å². The van der Waals surface area contributed by atoms with E-state index in [-0.39, 0.29) is 11.4 Å². The lowest BCUT2D eigenvalue weighted by atomic mass is 10.1. The van der Waals surface area contributed by atoms with Crippen molar-refractivity contribution in [3.05, 3.63) is 58.7 Å². The number of amides is 1. The molecule has 0 saturated heterocycles. The highest BCUT2D eigenvalue weighted by Gasteiger charge is 2.29. The predicted octanol–water partition coefficient (Wildman–Crippen LogP) is 5.05. The first kappa shape index (κ1) is 19.1. The third-order valence-electron chi connectivity index (χ3n) is 3.30. The molecule has 2 aromatic heterocycles. The number of rotatable bonds is 5. The molecule has 1 N–H and O–H groups in total. The van der Waals surface area contributed by atoms with E-state index in [1.165, 1.54) is 18.5 Å². The van der Waals surface area contributed by atoms with E-state index in [9.17, 15) is 18.0 Å². The monoisotopic (exact) mass is 413 g/mol. The number of carbonyl (C=O) groups is 1. The van der Waals surface area contributed by atoms with Crippen LogP contribution in [0.3, 0.4) is 0 Å². The van der Waals surface area contributed by atoms with Gasteiger partial charge < -0.3 is 10.1 Å². The van der Waals surface area contributed by atoms with Gasteiger partial charge in [-0.2, -0.15) is 13.2 Å². The zero-order valence-corrected chi connectivity index (χ0v) is 15.0. The number of anilines is 1. The average molecular weight is 414 g/mol. The number of nitrogens with zero attached hydrogens (tertiary/aromatic N) is 2. The van der Waals surface area contributed by atoms with Gasteiger partial charge in [0.2, 0.25) is 5.88 Å². The number of ether oxygens (including phenoxy) is 1. The highest BCUT2D eigenvalue weighted by Crippen LogP contribution is 2.32. The molecule has 10 heteroatoms. The fourth-order valence-corrected chi connectivity index (χ4v) is 2.76. The quantitative estimate of drug-likeness (QED) is 0.635. The fraction of sp³-hybridized carbons (Fsp3) is 0.118. The number of alkyl halides is 3. The van der Waals surface area contributed by atoms with Crippen molar-refractivity contribution in [2.45, 2.75) is 6.18 Å². The summed E-state index contributed by atoms with van der Waals surface area (Å²) >= 11 is 6.88. The third-order valence-corrected chi connectivity index (χ3v) is 4.30. The Hall–Kier alpha value is -2.65. The molecule has 2 heterocycles. The summed E-state index contributed by atoms with van der Waals surface area (Å²) in [5.41, 5.74) is 1.13. The van der Waals surface area contributed by atoms with E-state index in [0.29, 0.717) is 21.2 Å². The molecule has 0 radical (unpaired) electrons. The van der Waals surface area contributed by atoms with Crippen LogP contribution in [0.25, 0.3) is 11.1 Å². The summed E-state index contributed by atoms with van der Waals surface area (Å²) in [7, 11) is 0. The molecule has 3 rings (SSSR count). The second kappa shape index (κ2) is 7.93. The molecule has 1 amide bonds. The SMILES string of the molecule is O=C(Nc1cnc(OCC(F)(F)F)c(-c2ccc(Cl)cc2)c1)c1ccns1. The minimum Gasteiger partial charge on any atom is -0.468 e. The third kappa shape index (κ3) is 5.18. The van der Waals surface area contributed by atoms with Gasteiger partial charge in [0.15, 0.2) is 6.61 Å². The van der Waals surface area contributed by atoms with Crippen LogP contribution in [0.4, 0.5) is 18.9 Å². The Morgan fingerprint density at radius 1 is 1.22 bits per heavy atom. The van der Waals surface area contributed by atoms with E-state index in [1.54, 1.807) is 30.3 Å². The lowest BCUT2D eigenvalue weighted by molar-refractivity contribution is -0.154. The van der Waals surface area contributed by atoms with Crippen molar-refractivity contribution in [1.29, 1.82) is 0 Å². The molecular formula is C17H11ClF3N3O2S. The minimum absolute atomic E-state index is 0.203. The second-order valence-electron chi connectivity index (χ2n) is 5.32. The van der Waals surface area contributed by atoms with Crippen LogP contribution in [0, 0.1) is 0 Å². The Morgan fingerprint density at radius 3 is 2.59 bits per heavy atom. The van der Waals surface area contributed by atoms with E-state index in [0.717, 1.165) is 11.5 Å². The minimum atomic E-state index is -4.50. The van der Waals surface area contributed by atoms with Gasteiger partial charge in [-0.15, -0.1) is 0 Å². The summed E-state index contributed by atoms with van der Waals surface area (Å²) in [5, 5.41) is 3.10. The lowest BCUT2D eigenvalue weighted by Crippen LogP contribution is -2.20. The maximum atomic E-state index is 12.5. The Bertz CT molecular complexity index is 932. The van der Waals surface area contributed by atoms with Gasteiger partial charge in [-0.25, -0.2) is 9.36 Å². The molecule has 27 heavy (non-hydrogen) atoms. The Morgan fingerprint density at radius 2 is 1.96 bits per heavy atom. The topological polar surface area (TPSA) is 64.1 Å². The summed E-state index contributed by atoms with van der Waals surface area (Å²) in [4.78, 5) is 16.5. The number of carbonyl (C=O) groups excluding carboxylic acids is 1. The van der Waals surface area contributed by atoms with Crippen LogP contribution in [0.15, 0.2) is 48.8 Å². The van der Waals surface area contributed by atoms with Crippen molar-refractivity contribution in [2.24, 2.45) is 0 Å². The number of nitrogens with one attached hydrogen (secondary N) is 1. The fourth-order valence-electron chi connectivity index (χ4n) is 2.15. The van der Waals surface area contributed by atoms with Gasteiger partial charge in [0.1, 0.15) is 4.88 Å². The normalized spacial score (nSPS) is 11.3. The number of aromatic nitrogens is 2. The van der Waals surface area contributed by atoms with Crippen molar-refractivity contribution in [2.75, 3.05) is 11.9 Å². The van der Waals surface area contributed by atoms with Crippen LogP contribution in [-0.4, -0.2) is 28.0 Å². The lowest BCUT2D eigenvalue weighted by Gasteiger charge is -2.14. The van der Waals surface area contributed by atoms with Crippen LogP contribution in [0.1, 0.15) is 9.67 Å². The zero-order valence-electron chi connectivity index (χ0n) is 13.5. The van der Waals surface area contributed by atoms with Crippen molar-refractivity contribution >= 4 is 34.7 Å². The average Bonchev–Trinajstić information content (AvgIpc) is 3.15. The summed E-state index contributed by atoms with van der Waals surface area (Å²) < 4.78 is 46.2. The molecule has 0 fully saturated rings. The van der Waals surface area contributed by atoms with Gasteiger partial charge in [0.25, 0.3) is 5.91 Å². The van der Waals surface area contributed by atoms with Gasteiger partial charge in [0, 0.05) is 16.8 Å². The number of halogens is 4. The Balaban J connectivity index is 1.92. The largest absolute Gasteiger partial charge is 0.468 e. The van der Waals surface area contributed by atoms with Crippen molar-refractivity contribution < 1.29 is 22.7 Å². The first-order chi connectivity index (χ1) is 12.8. The van der Waals surface area contributed by atoms with Crippen molar-refractivity contribution in [3.8, 4) is 17.0 Å². The van der Waals surface area contributed by atoms with Gasteiger partial charge in [-0.05, 0) is 41.4 Å². The summed E-state index contributed by atoms with van der Waals surface area (Å²) in [5.74, 6) is -0.601. The van der Waals surface area contributed by atoms with Gasteiger partial charge >= 0.3 is 6.18 Å². The molecule has 0 unspecified atom stereocenters. The maximum absolute atomic E-state index is 12.5. The Labute approximate surface area is 160 Å². The zero-order chi connectivity index (χ0) is 19.4. The first-order valence-corrected chi connectivity index (χ1v) is 8.64. The van der Waals surface area contributed by atoms with E-state index in [2.05, 4.69) is 14.7 Å². The van der Waals surface area contributed by atoms with Crippen LogP contribution in [0.2, 0.25) is 5.02 Å². The second-order valence-corrected chi connectivity index (χ2v) is 6.59. The molecule has 140 valence electrons. The standard InChI is InChI=1S/C17H11ClF3N3O2S/c18-11-3-1-10(2-4-11)13-7-12(24-15(25)14-5-6-23-27-14)8-22-16(13)26-9-17(19,20)21/h1-8H,9H2,(H,24,25). The molecule has 5 nitrogen and oxygen atoms in total. The van der Waals surface area contributed by atoms with E-state index in [4.69, 9.17) is 16.3 Å². The van der Waals surface area contributed by atoms with Gasteiger partial charge in [-0.3, -0.25) is 4.79 Å². The molecule has 0 spiro atoms. The molecule has 3 aromatic rings. The molecule has 0 bridgehead atoms. The summed E-state index contributed by atoms with van der Waals surface area (Å²) in [6.45, 7) is -1.48. The van der Waals surface area contributed by atoms with Crippen LogP contribution >= 0.6 is 23.1 Å². The number of benzene rings is 1. The number of hydrogen-bond donors (Lipinski definition) is 1. The molecule has 0 aliphatic carbocycles. The highest BCUT2D eigenvalue weighted by molar-refractivity contribution is 7.08. The highest BCUT2D eigenvalue weighted by atomic mass is 35.5. The first-order valence-electron chi connectivity index (χ1n) is 7.49. The number of hydrogen-bond acceptors (Lipinski definition) is 5. The molecule has 0 atom stereocenters. The van der Waals surface area contributed by atoms with Crippen LogP contribution < -0.4 is 10.1 Å². The molecule has 0 aliphatic rings. The smallest absolute Gasteiger partial charge is 0.422 e. The molecule has 0 aliphatic heterocycles. The molecule has 0 saturated carbocycles. The van der Waals surface area contributed by atoms with E-state index < -0.39 is 18.7 Å². The molecular weight excluding hydrogens is 403 g/mol. The van der Waals surface area contributed by atoms with Crippen LogP contribution in [0.5, 0.6) is 5.88 Å². The summed E-state index contributed by atoms with van der Waals surface area (Å²) in [6, 6.07) is 9.46. The summed E-state index contributed by atoms with van der Waals surface area (Å²) in [6.07, 6.45) is -1.78. The van der Waals surface area contributed by atoms with Crippen molar-refractivity contribution in [3.63, 3.8) is 0 Å². The predicted molar refractivity (Wildman–Crippen MR) is 96.3 cm³/mol. The van der Waals surface area contributed by atoms with Crippen LogP contribution in [-0.2, 0) is 0 Å². The molecule has 1 aromatic carbocycles. The maximum Gasteiger partial charge on any atom is 0.422 e. The van der Waals surface area contributed by atoms with Gasteiger partial charge in [0.05, 0.1) is 11.9 Å². The van der Waals surface area contributed by atoms with E-state index >= 15 is 0 Å².